The molecule has 1 amide bonds. The number of amides is 1. The zero-order chi connectivity index (χ0) is 29.2. The average Bonchev–Trinajstić information content (AvgIpc) is 3.87. The molecule has 2 saturated carbocycles. The van der Waals surface area contributed by atoms with E-state index in [2.05, 4.69) is 10.3 Å². The third-order valence-corrected chi connectivity index (χ3v) is 8.85. The first-order chi connectivity index (χ1) is 19.5. The predicted molar refractivity (Wildman–Crippen MR) is 157 cm³/mol. The zero-order valence-corrected chi connectivity index (χ0v) is 24.1. The van der Waals surface area contributed by atoms with Crippen molar-refractivity contribution in [3.63, 3.8) is 0 Å². The molecule has 6 rings (SSSR count). The maximum Gasteiger partial charge on any atom is 0.274 e. The van der Waals surface area contributed by atoms with Crippen LogP contribution in [-0.4, -0.2) is 20.0 Å². The molecule has 3 aromatic heterocycles. The third-order valence-electron chi connectivity index (χ3n) is 8.47. The van der Waals surface area contributed by atoms with E-state index >= 15 is 4.39 Å². The average molecular weight is 573 g/mol. The lowest BCUT2D eigenvalue weighted by Gasteiger charge is -2.17. The quantitative estimate of drug-likeness (QED) is 0.306. The van der Waals surface area contributed by atoms with Gasteiger partial charge in [-0.25, -0.2) is 4.39 Å². The number of benzene rings is 1. The van der Waals surface area contributed by atoms with Gasteiger partial charge in [0.15, 0.2) is 5.82 Å². The maximum atomic E-state index is 15.6. The molecule has 9 heteroatoms. The molecular formula is C32H30ClFN4O3. The minimum absolute atomic E-state index is 0.0709. The molecule has 4 aromatic rings. The summed E-state index contributed by atoms with van der Waals surface area (Å²) in [7, 11) is 1.72. The SMILES string of the molecule is Cc1cnc(-c2cccc(NC(=O)C3(C)CC3)c2F)cc1-n1c(C)cc([C@H]2C[C@@H]2c2ccc(=O)n(C)c2)c(Cl)c1=O. The molecule has 0 unspecified atom stereocenters. The molecule has 41 heavy (non-hydrogen) atoms. The fourth-order valence-corrected chi connectivity index (χ4v) is 5.74. The van der Waals surface area contributed by atoms with Gasteiger partial charge >= 0.3 is 0 Å². The Hall–Kier alpha value is -4.04. The van der Waals surface area contributed by atoms with E-state index in [0.717, 1.165) is 36.0 Å². The van der Waals surface area contributed by atoms with Crippen molar-refractivity contribution in [2.24, 2.45) is 12.5 Å². The summed E-state index contributed by atoms with van der Waals surface area (Å²) >= 11 is 6.71. The normalized spacial score (nSPS) is 18.7. The number of rotatable bonds is 6. The number of carbonyl (C=O) groups is 1. The first-order valence-corrected chi connectivity index (χ1v) is 14.0. The van der Waals surface area contributed by atoms with E-state index < -0.39 is 11.2 Å². The van der Waals surface area contributed by atoms with Gasteiger partial charge in [0.1, 0.15) is 5.02 Å². The van der Waals surface area contributed by atoms with Crippen molar-refractivity contribution in [3.05, 3.63) is 109 Å². The largest absolute Gasteiger partial charge is 0.323 e. The summed E-state index contributed by atoms with van der Waals surface area (Å²) in [5.41, 5.74) is 3.58. The summed E-state index contributed by atoms with van der Waals surface area (Å²) < 4.78 is 18.7. The molecule has 210 valence electrons. The Morgan fingerprint density at radius 1 is 1.12 bits per heavy atom. The van der Waals surface area contributed by atoms with Crippen LogP contribution in [0.4, 0.5) is 10.1 Å². The Morgan fingerprint density at radius 3 is 2.59 bits per heavy atom. The predicted octanol–water partition coefficient (Wildman–Crippen LogP) is 6.02. The molecule has 2 aliphatic carbocycles. The number of nitrogens with zero attached hydrogens (tertiary/aromatic N) is 3. The van der Waals surface area contributed by atoms with Crippen molar-refractivity contribution >= 4 is 23.2 Å². The Balaban J connectivity index is 1.35. The fourth-order valence-electron chi connectivity index (χ4n) is 5.46. The second-order valence-electron chi connectivity index (χ2n) is 11.6. The summed E-state index contributed by atoms with van der Waals surface area (Å²) in [6.07, 6.45) is 5.85. The number of hydrogen-bond acceptors (Lipinski definition) is 4. The van der Waals surface area contributed by atoms with E-state index in [0.29, 0.717) is 17.1 Å². The van der Waals surface area contributed by atoms with E-state index in [4.69, 9.17) is 11.6 Å². The highest BCUT2D eigenvalue weighted by atomic mass is 35.5. The van der Waals surface area contributed by atoms with Crippen LogP contribution in [0.15, 0.2) is 64.4 Å². The highest BCUT2D eigenvalue weighted by Gasteiger charge is 2.45. The monoisotopic (exact) mass is 572 g/mol. The van der Waals surface area contributed by atoms with E-state index in [1.165, 1.54) is 10.6 Å². The summed E-state index contributed by atoms with van der Waals surface area (Å²) in [6, 6.07) is 11.8. The smallest absolute Gasteiger partial charge is 0.274 e. The second-order valence-corrected chi connectivity index (χ2v) is 12.0. The number of carbonyl (C=O) groups excluding carboxylic acids is 1. The number of halogens is 2. The highest BCUT2D eigenvalue weighted by Crippen LogP contribution is 2.55. The Labute approximate surface area is 241 Å². The molecule has 0 aliphatic heterocycles. The number of hydrogen-bond donors (Lipinski definition) is 1. The molecule has 0 saturated heterocycles. The minimum atomic E-state index is -0.581. The van der Waals surface area contributed by atoms with Crippen molar-refractivity contribution in [3.8, 4) is 16.9 Å². The van der Waals surface area contributed by atoms with Gasteiger partial charge in [0.05, 0.1) is 17.1 Å². The maximum absolute atomic E-state index is 15.6. The molecule has 3 heterocycles. The third kappa shape index (κ3) is 4.80. The number of pyridine rings is 3. The van der Waals surface area contributed by atoms with E-state index in [1.807, 2.05) is 39.1 Å². The molecule has 0 bridgehead atoms. The summed E-state index contributed by atoms with van der Waals surface area (Å²) in [4.78, 5) is 42.5. The van der Waals surface area contributed by atoms with Crippen LogP contribution >= 0.6 is 11.6 Å². The lowest BCUT2D eigenvalue weighted by Crippen LogP contribution is -2.23. The Morgan fingerprint density at radius 2 is 1.88 bits per heavy atom. The molecule has 0 spiro atoms. The topological polar surface area (TPSA) is 86.0 Å². The van der Waals surface area contributed by atoms with Crippen molar-refractivity contribution in [1.29, 1.82) is 0 Å². The lowest BCUT2D eigenvalue weighted by atomic mass is 10.0. The van der Waals surface area contributed by atoms with Crippen LogP contribution in [-0.2, 0) is 11.8 Å². The fraction of sp³-hybridized carbons (Fsp3) is 0.312. The van der Waals surface area contributed by atoms with Gasteiger partial charge in [0.2, 0.25) is 11.5 Å². The number of aryl methyl sites for hydroxylation is 3. The van der Waals surface area contributed by atoms with E-state index in [-0.39, 0.29) is 45.1 Å². The van der Waals surface area contributed by atoms with Crippen LogP contribution in [0.25, 0.3) is 16.9 Å². The van der Waals surface area contributed by atoms with Gasteiger partial charge in [0, 0.05) is 42.2 Å². The Bertz CT molecular complexity index is 1860. The van der Waals surface area contributed by atoms with Crippen LogP contribution < -0.4 is 16.4 Å². The zero-order valence-electron chi connectivity index (χ0n) is 23.3. The van der Waals surface area contributed by atoms with Crippen molar-refractivity contribution < 1.29 is 9.18 Å². The van der Waals surface area contributed by atoms with Crippen molar-refractivity contribution in [1.82, 2.24) is 14.1 Å². The van der Waals surface area contributed by atoms with Gasteiger partial charge in [0.25, 0.3) is 5.56 Å². The van der Waals surface area contributed by atoms with E-state index in [9.17, 15) is 14.4 Å². The van der Waals surface area contributed by atoms with Gasteiger partial charge in [-0.3, -0.25) is 23.9 Å². The molecular weight excluding hydrogens is 543 g/mol. The Kier molecular flexibility index (Phi) is 6.49. The van der Waals surface area contributed by atoms with Gasteiger partial charge in [-0.05, 0) is 85.9 Å². The molecule has 0 radical (unpaired) electrons. The van der Waals surface area contributed by atoms with Crippen molar-refractivity contribution in [2.75, 3.05) is 5.32 Å². The summed E-state index contributed by atoms with van der Waals surface area (Å²) in [5, 5.41) is 2.87. The summed E-state index contributed by atoms with van der Waals surface area (Å²) in [5.74, 6) is -0.512. The lowest BCUT2D eigenvalue weighted by molar-refractivity contribution is -0.120. The number of aromatic nitrogens is 3. The molecule has 1 aromatic carbocycles. The molecule has 2 aliphatic rings. The number of anilines is 1. The van der Waals surface area contributed by atoms with Crippen LogP contribution in [0, 0.1) is 25.1 Å². The number of nitrogens with one attached hydrogen (secondary N) is 1. The molecule has 2 atom stereocenters. The van der Waals surface area contributed by atoms with Crippen LogP contribution in [0.1, 0.15) is 60.4 Å². The second kappa shape index (κ2) is 9.80. The molecule has 2 fully saturated rings. The molecule has 7 nitrogen and oxygen atoms in total. The van der Waals surface area contributed by atoms with Crippen LogP contribution in [0.5, 0.6) is 0 Å². The first kappa shape index (κ1) is 27.1. The van der Waals surface area contributed by atoms with Crippen molar-refractivity contribution in [2.45, 2.75) is 51.9 Å². The summed E-state index contributed by atoms with van der Waals surface area (Å²) in [6.45, 7) is 5.54. The van der Waals surface area contributed by atoms with Gasteiger partial charge in [-0.1, -0.05) is 30.7 Å². The standard InChI is InChI=1S/C32H30ClFN4O3/c1-17-15-35-25(20-6-5-7-24(29(20)34)36-31(41)32(3)10-11-32)14-26(17)38-18(2)12-23(28(33)30(38)40)22-13-21(22)19-8-9-27(39)37(4)16-19/h5-9,12,14-16,21-22H,10-11,13H2,1-4H3,(H,36,41)/t21-,22+/m1/s1. The van der Waals surface area contributed by atoms with Crippen LogP contribution in [0.2, 0.25) is 5.02 Å². The minimum Gasteiger partial charge on any atom is -0.323 e. The van der Waals surface area contributed by atoms with Gasteiger partial charge in [-0.2, -0.15) is 0 Å². The van der Waals surface area contributed by atoms with E-state index in [1.54, 1.807) is 42.1 Å². The van der Waals surface area contributed by atoms with Crippen LogP contribution in [0.3, 0.4) is 0 Å². The first-order valence-electron chi connectivity index (χ1n) is 13.6. The van der Waals surface area contributed by atoms with Gasteiger partial charge < -0.3 is 9.88 Å². The van der Waals surface area contributed by atoms with Gasteiger partial charge in [-0.15, -0.1) is 0 Å². The molecule has 1 N–H and O–H groups in total. The highest BCUT2D eigenvalue weighted by molar-refractivity contribution is 6.31.